The summed E-state index contributed by atoms with van der Waals surface area (Å²) in [5, 5.41) is 23.9. The summed E-state index contributed by atoms with van der Waals surface area (Å²) in [6, 6.07) is 30.3. The fraction of sp³-hybridized carbons (Fsp3) is 0.229. The van der Waals surface area contributed by atoms with Crippen LogP contribution in [0.2, 0.25) is 0 Å². The van der Waals surface area contributed by atoms with Gasteiger partial charge < -0.3 is 20.0 Å². The second-order valence-corrected chi connectivity index (χ2v) is 13.1. The van der Waals surface area contributed by atoms with Crippen LogP contribution in [0, 0.1) is 0 Å². The van der Waals surface area contributed by atoms with Crippen LogP contribution in [0.1, 0.15) is 22.3 Å². The molecular formula is C35H32N4O3S2. The Morgan fingerprint density at radius 3 is 1.45 bits per heavy atom. The van der Waals surface area contributed by atoms with Crippen molar-refractivity contribution < 1.29 is 15.0 Å². The zero-order valence-corrected chi connectivity index (χ0v) is 25.6. The molecule has 0 radical (unpaired) electrons. The lowest BCUT2D eigenvalue weighted by atomic mass is 9.91. The first-order valence-corrected chi connectivity index (χ1v) is 16.4. The van der Waals surface area contributed by atoms with E-state index in [1.165, 1.54) is 0 Å². The molecule has 1 fully saturated rings. The quantitative estimate of drug-likeness (QED) is 0.209. The van der Waals surface area contributed by atoms with Gasteiger partial charge in [0.1, 0.15) is 12.2 Å². The molecule has 7 rings (SSSR count). The van der Waals surface area contributed by atoms with Crippen molar-refractivity contribution in [3.8, 4) is 0 Å². The smallest absolute Gasteiger partial charge is 0.321 e. The van der Waals surface area contributed by atoms with Crippen LogP contribution in [0.5, 0.6) is 0 Å². The normalized spacial score (nSPS) is 20.8. The first-order chi connectivity index (χ1) is 21.5. The molecule has 9 heteroatoms. The van der Waals surface area contributed by atoms with Crippen LogP contribution in [0.3, 0.4) is 0 Å². The second kappa shape index (κ2) is 12.5. The molecule has 44 heavy (non-hydrogen) atoms. The van der Waals surface area contributed by atoms with Gasteiger partial charge in [-0.05, 0) is 59.4 Å². The van der Waals surface area contributed by atoms with Crippen molar-refractivity contribution in [3.63, 3.8) is 0 Å². The molecule has 6 aromatic rings. The number of aromatic nitrogens is 2. The number of fused-ring (bicyclic) bond motifs is 2. The van der Waals surface area contributed by atoms with Gasteiger partial charge in [0.05, 0.1) is 43.5 Å². The Morgan fingerprint density at radius 2 is 1.02 bits per heavy atom. The Kier molecular flexibility index (Phi) is 8.10. The topological polar surface area (TPSA) is 89.8 Å². The van der Waals surface area contributed by atoms with Gasteiger partial charge in [-0.1, -0.05) is 72.8 Å². The molecule has 0 spiro atoms. The van der Waals surface area contributed by atoms with Crippen molar-refractivity contribution >= 4 is 49.1 Å². The third-order valence-electron chi connectivity index (χ3n) is 8.50. The predicted molar refractivity (Wildman–Crippen MR) is 176 cm³/mol. The highest BCUT2D eigenvalue weighted by Gasteiger charge is 2.46. The molecule has 1 aliphatic heterocycles. The van der Waals surface area contributed by atoms with E-state index in [4.69, 9.17) is 0 Å². The number of aliphatic hydroxyl groups is 2. The predicted octanol–water partition coefficient (Wildman–Crippen LogP) is 6.29. The van der Waals surface area contributed by atoms with Crippen molar-refractivity contribution in [2.24, 2.45) is 0 Å². The molecule has 1 saturated heterocycles. The highest BCUT2D eigenvalue weighted by atomic mass is 32.1. The first kappa shape index (κ1) is 28.6. The number of nitrogens with zero attached hydrogens (tertiary/aromatic N) is 4. The lowest BCUT2D eigenvalue weighted by Crippen LogP contribution is -2.50. The molecule has 3 heterocycles. The van der Waals surface area contributed by atoms with Crippen molar-refractivity contribution in [1.29, 1.82) is 0 Å². The number of amides is 2. The van der Waals surface area contributed by atoms with Gasteiger partial charge in [-0.15, -0.1) is 22.7 Å². The van der Waals surface area contributed by atoms with Crippen molar-refractivity contribution in [2.75, 3.05) is 0 Å². The molecule has 2 aromatic heterocycles. The van der Waals surface area contributed by atoms with E-state index in [0.717, 1.165) is 42.7 Å². The Balaban J connectivity index is 1.31. The Morgan fingerprint density at radius 1 is 0.591 bits per heavy atom. The van der Waals surface area contributed by atoms with E-state index in [1.807, 2.05) is 108 Å². The summed E-state index contributed by atoms with van der Waals surface area (Å²) in [5.41, 5.74) is 9.20. The summed E-state index contributed by atoms with van der Waals surface area (Å²) >= 11 is 3.15. The van der Waals surface area contributed by atoms with E-state index in [2.05, 4.69) is 9.97 Å². The number of rotatable bonds is 8. The van der Waals surface area contributed by atoms with Crippen molar-refractivity contribution in [3.05, 3.63) is 130 Å². The Bertz CT molecular complexity index is 1740. The van der Waals surface area contributed by atoms with E-state index >= 15 is 0 Å². The third kappa shape index (κ3) is 5.84. The van der Waals surface area contributed by atoms with Crippen LogP contribution in [0.25, 0.3) is 20.4 Å². The van der Waals surface area contributed by atoms with E-state index < -0.39 is 24.3 Å². The second-order valence-electron chi connectivity index (χ2n) is 11.3. The largest absolute Gasteiger partial charge is 0.388 e. The van der Waals surface area contributed by atoms with Crippen LogP contribution in [-0.2, 0) is 25.9 Å². The highest BCUT2D eigenvalue weighted by Crippen LogP contribution is 2.31. The third-order valence-corrected chi connectivity index (χ3v) is 10.1. The maximum absolute atomic E-state index is 14.9. The van der Waals surface area contributed by atoms with Crippen molar-refractivity contribution in [1.82, 2.24) is 19.8 Å². The monoisotopic (exact) mass is 620 g/mol. The van der Waals surface area contributed by atoms with Crippen LogP contribution in [0.4, 0.5) is 4.79 Å². The average molecular weight is 621 g/mol. The number of thiazole rings is 2. The summed E-state index contributed by atoms with van der Waals surface area (Å²) in [7, 11) is 0. The fourth-order valence-electron chi connectivity index (χ4n) is 6.21. The van der Waals surface area contributed by atoms with Crippen LogP contribution >= 0.6 is 22.7 Å². The SMILES string of the molecule is O=C1N(Cc2ccc3scnc3c2)[C@H](Cc2ccccc2)[C@H](O)[C@@H](O)[C@@H](Cc2ccccc2)N1Cc1ccc2scnc2c1. The molecular weight excluding hydrogens is 589 g/mol. The van der Waals surface area contributed by atoms with Crippen LogP contribution < -0.4 is 0 Å². The summed E-state index contributed by atoms with van der Waals surface area (Å²) < 4.78 is 2.16. The minimum atomic E-state index is -1.18. The molecule has 4 atom stereocenters. The molecule has 2 amide bonds. The van der Waals surface area contributed by atoms with Gasteiger partial charge in [-0.2, -0.15) is 0 Å². The molecule has 0 unspecified atom stereocenters. The Hall–Kier alpha value is -4.15. The minimum Gasteiger partial charge on any atom is -0.388 e. The maximum atomic E-state index is 14.9. The zero-order chi connectivity index (χ0) is 30.0. The first-order valence-electron chi connectivity index (χ1n) is 14.7. The number of urea groups is 1. The van der Waals surface area contributed by atoms with Gasteiger partial charge in [0.25, 0.3) is 0 Å². The van der Waals surface area contributed by atoms with Gasteiger partial charge in [0.15, 0.2) is 0 Å². The number of hydrogen-bond acceptors (Lipinski definition) is 7. The van der Waals surface area contributed by atoms with E-state index in [0.29, 0.717) is 12.8 Å². The number of aliphatic hydroxyl groups excluding tert-OH is 2. The van der Waals surface area contributed by atoms with Gasteiger partial charge in [-0.3, -0.25) is 0 Å². The molecule has 4 aromatic carbocycles. The van der Waals surface area contributed by atoms with Crippen LogP contribution in [0.15, 0.2) is 108 Å². The number of carbonyl (C=O) groups excluding carboxylic acids is 1. The lowest BCUT2D eigenvalue weighted by molar-refractivity contribution is -0.0408. The summed E-state index contributed by atoms with van der Waals surface area (Å²) in [5.74, 6) is 0. The van der Waals surface area contributed by atoms with Gasteiger partial charge in [0, 0.05) is 13.1 Å². The molecule has 2 N–H and O–H groups in total. The highest BCUT2D eigenvalue weighted by molar-refractivity contribution is 7.17. The zero-order valence-electron chi connectivity index (χ0n) is 23.9. The maximum Gasteiger partial charge on any atom is 0.321 e. The molecule has 1 aliphatic rings. The average Bonchev–Trinajstić information content (AvgIpc) is 3.72. The Labute approximate surface area is 263 Å². The van der Waals surface area contributed by atoms with Crippen molar-refractivity contribution in [2.45, 2.75) is 50.2 Å². The van der Waals surface area contributed by atoms with Gasteiger partial charge in [0.2, 0.25) is 0 Å². The summed E-state index contributed by atoms with van der Waals surface area (Å²) in [6.45, 7) is 0.542. The molecule has 0 aliphatic carbocycles. The van der Waals surface area contributed by atoms with E-state index in [-0.39, 0.29) is 19.1 Å². The summed E-state index contributed by atoms with van der Waals surface area (Å²) in [4.78, 5) is 27.3. The molecule has 0 saturated carbocycles. The molecule has 222 valence electrons. The number of carbonyl (C=O) groups is 1. The fourth-order valence-corrected chi connectivity index (χ4v) is 7.53. The lowest BCUT2D eigenvalue weighted by Gasteiger charge is -2.36. The van der Waals surface area contributed by atoms with Gasteiger partial charge >= 0.3 is 6.03 Å². The molecule has 7 nitrogen and oxygen atoms in total. The number of benzene rings is 4. The van der Waals surface area contributed by atoms with E-state index in [9.17, 15) is 15.0 Å². The van der Waals surface area contributed by atoms with Gasteiger partial charge in [-0.25, -0.2) is 14.8 Å². The number of hydrogen-bond donors (Lipinski definition) is 2. The van der Waals surface area contributed by atoms with Crippen LogP contribution in [-0.4, -0.2) is 60.3 Å². The summed E-state index contributed by atoms with van der Waals surface area (Å²) in [6.07, 6.45) is -1.55. The van der Waals surface area contributed by atoms with E-state index in [1.54, 1.807) is 32.5 Å². The minimum absolute atomic E-state index is 0.223. The molecule has 0 bridgehead atoms. The standard InChI is InChI=1S/C35H32N4O3S2/c40-33-29(17-23-7-3-1-4-8-23)38(19-25-11-13-31-27(15-25)36-21-43-31)35(42)39(20-26-12-14-32-28(16-26)37-22-44-32)30(34(33)41)18-24-9-5-2-6-10-24/h1-16,21-22,29-30,33-34,40-41H,17-20H2/t29-,30-,33+,34+/m1/s1.